The molecule has 0 amide bonds. The van der Waals surface area contributed by atoms with Gasteiger partial charge in [0.05, 0.1) is 0 Å². The fraction of sp³-hybridized carbons (Fsp3) is 0. The standard InChI is InChI=1S/6FH.Sc/h6*1H;/q;;;;;;+6/p-6. The minimum absolute atomic E-state index is 9.93. The van der Waals surface area contributed by atoms with Gasteiger partial charge in [0.2, 0.25) is 0 Å². The Morgan fingerprint density at radius 2 is 0.571 bits per heavy atom. The first-order chi connectivity index (χ1) is 2.45. The molecule has 0 radical (unpaired) electrons. The van der Waals surface area contributed by atoms with Crippen LogP contribution in [0.4, 0.5) is 16.0 Å². The van der Waals surface area contributed by atoms with Gasteiger partial charge >= 0.3 is 36.6 Å². The molecule has 0 atom stereocenters. The zero-order valence-electron chi connectivity index (χ0n) is 2.85. The van der Waals surface area contributed by atoms with E-state index in [1.807, 2.05) is 0 Å². The second kappa shape index (κ2) is 0.803. The zero-order valence-corrected chi connectivity index (χ0v) is 4.65. The molecular weight excluding hydrogens is 159 g/mol. The van der Waals surface area contributed by atoms with Crippen LogP contribution in [0.3, 0.4) is 0 Å². The van der Waals surface area contributed by atoms with Crippen LogP contribution >= 0.6 is 0 Å². The van der Waals surface area contributed by atoms with E-state index in [1.54, 1.807) is 0 Å². The molecule has 0 spiro atoms. The van der Waals surface area contributed by atoms with Gasteiger partial charge in [-0.05, 0) is 0 Å². The average molecular weight is 159 g/mol. The minimum atomic E-state index is -11.3. The van der Waals surface area contributed by atoms with Crippen LogP contribution in [0, 0.1) is 0 Å². The number of hydrogen-bond donors (Lipinski definition) is 0. The van der Waals surface area contributed by atoms with Crippen LogP contribution in [-0.2, 0) is 20.7 Å². The predicted molar refractivity (Wildman–Crippen MR) is 6.65 cm³/mol. The van der Waals surface area contributed by atoms with Crippen molar-refractivity contribution in [2.75, 3.05) is 0 Å². The van der Waals surface area contributed by atoms with E-state index in [4.69, 9.17) is 0 Å². The first-order valence-corrected chi connectivity index (χ1v) is 5.40. The van der Waals surface area contributed by atoms with Gasteiger partial charge in [0.25, 0.3) is 0 Å². The van der Waals surface area contributed by atoms with Crippen molar-refractivity contribution < 1.29 is 36.6 Å². The summed E-state index contributed by atoms with van der Waals surface area (Å²) in [5, 5.41) is 0. The van der Waals surface area contributed by atoms with E-state index < -0.39 is 20.7 Å². The van der Waals surface area contributed by atoms with Crippen LogP contribution in [-0.4, -0.2) is 0 Å². The maximum atomic E-state index is 9.93. The molecule has 45 valence electrons. The van der Waals surface area contributed by atoms with Gasteiger partial charge in [0.15, 0.2) is 0 Å². The van der Waals surface area contributed by atoms with E-state index in [9.17, 15) is 16.0 Å². The van der Waals surface area contributed by atoms with Crippen molar-refractivity contribution in [3.63, 3.8) is 0 Å². The molecule has 7 heavy (non-hydrogen) atoms. The second-order valence-electron chi connectivity index (χ2n) is 1.24. The van der Waals surface area contributed by atoms with Crippen molar-refractivity contribution in [3.05, 3.63) is 0 Å². The molecule has 0 saturated heterocycles. The molecule has 0 saturated carbocycles. The van der Waals surface area contributed by atoms with E-state index in [-0.39, 0.29) is 0 Å². The quantitative estimate of drug-likeness (QED) is 0.476. The normalized spacial score (nSPS) is 23.1. The van der Waals surface area contributed by atoms with Crippen LogP contribution in [0.1, 0.15) is 0 Å². The molecule has 0 aliphatic heterocycles. The molecule has 0 aromatic carbocycles. The molecule has 0 heterocycles. The van der Waals surface area contributed by atoms with Crippen molar-refractivity contribution in [3.8, 4) is 0 Å². The Hall–Kier alpha value is 0.450. The SMILES string of the molecule is [F][Sc]([F])([F])([F])([F])[F]. The Balaban J connectivity index is 4.43. The van der Waals surface area contributed by atoms with E-state index in [0.29, 0.717) is 0 Å². The summed E-state index contributed by atoms with van der Waals surface area (Å²) in [4.78, 5) is 0. The molecule has 0 aromatic rings. The van der Waals surface area contributed by atoms with Crippen molar-refractivity contribution >= 4 is 0 Å². The summed E-state index contributed by atoms with van der Waals surface area (Å²) < 4.78 is 59.6. The van der Waals surface area contributed by atoms with Crippen molar-refractivity contribution in [2.45, 2.75) is 0 Å². The Morgan fingerprint density at radius 3 is 0.571 bits per heavy atom. The van der Waals surface area contributed by atoms with Crippen molar-refractivity contribution in [1.82, 2.24) is 0 Å². The third-order valence-electron chi connectivity index (χ3n) is 0. The van der Waals surface area contributed by atoms with Crippen LogP contribution < -0.4 is 0 Å². The Bertz CT molecular complexity index is 62.7. The molecule has 0 fully saturated rings. The monoisotopic (exact) mass is 159 g/mol. The fourth-order valence-corrected chi connectivity index (χ4v) is 0. The molecule has 0 rings (SSSR count). The van der Waals surface area contributed by atoms with E-state index >= 15 is 0 Å². The number of halogens is 6. The molecule has 0 aromatic heterocycles. The Kier molecular flexibility index (Phi) is 0.854. The molecule has 0 bridgehead atoms. The third kappa shape index (κ3) is 630. The van der Waals surface area contributed by atoms with Gasteiger partial charge in [0.1, 0.15) is 0 Å². The molecule has 0 nitrogen and oxygen atoms in total. The zero-order chi connectivity index (χ0) is 6.41. The van der Waals surface area contributed by atoms with E-state index in [0.717, 1.165) is 0 Å². The first-order valence-electron chi connectivity index (χ1n) is 1.31. The van der Waals surface area contributed by atoms with Crippen LogP contribution in [0.2, 0.25) is 0 Å². The van der Waals surface area contributed by atoms with Crippen molar-refractivity contribution in [1.29, 1.82) is 0 Å². The summed E-state index contributed by atoms with van der Waals surface area (Å²) in [5.41, 5.74) is 0. The van der Waals surface area contributed by atoms with Crippen LogP contribution in [0.5, 0.6) is 0 Å². The molecule has 0 aliphatic rings. The maximum absolute atomic E-state index is 11.3. The van der Waals surface area contributed by atoms with Gasteiger partial charge in [-0.2, -0.15) is 0 Å². The molecule has 0 aliphatic carbocycles. The Morgan fingerprint density at radius 1 is 0.571 bits per heavy atom. The van der Waals surface area contributed by atoms with Gasteiger partial charge in [-0.15, -0.1) is 0 Å². The fourth-order valence-electron chi connectivity index (χ4n) is 0. The third-order valence-corrected chi connectivity index (χ3v) is 0. The molecule has 0 unspecified atom stereocenters. The summed E-state index contributed by atoms with van der Waals surface area (Å²) in [5.74, 6) is 0. The predicted octanol–water partition coefficient (Wildman–Crippen LogP) is 2.52. The van der Waals surface area contributed by atoms with Crippen LogP contribution in [0.15, 0.2) is 0 Å². The van der Waals surface area contributed by atoms with E-state index in [1.165, 1.54) is 0 Å². The van der Waals surface area contributed by atoms with Gasteiger partial charge < -0.3 is 0 Å². The van der Waals surface area contributed by atoms with Crippen LogP contribution in [0.25, 0.3) is 0 Å². The number of hydrogen-bond acceptors (Lipinski definition) is 0. The Labute approximate surface area is 37.2 Å². The molecule has 7 heteroatoms. The summed E-state index contributed by atoms with van der Waals surface area (Å²) in [6, 6.07) is 0. The second-order valence-corrected chi connectivity index (χ2v) is 5.10. The van der Waals surface area contributed by atoms with Gasteiger partial charge in [-0.25, -0.2) is 0 Å². The first kappa shape index (κ1) is 7.45. The van der Waals surface area contributed by atoms with E-state index in [2.05, 4.69) is 0 Å². The summed E-state index contributed by atoms with van der Waals surface area (Å²) in [6.07, 6.45) is 0. The molecular formula is F6Sc. The topological polar surface area (TPSA) is 0 Å². The number of rotatable bonds is 0. The van der Waals surface area contributed by atoms with Crippen molar-refractivity contribution in [2.24, 2.45) is 0 Å². The van der Waals surface area contributed by atoms with Gasteiger partial charge in [-0.3, -0.25) is 0 Å². The summed E-state index contributed by atoms with van der Waals surface area (Å²) in [6.45, 7) is 0. The summed E-state index contributed by atoms with van der Waals surface area (Å²) in [7, 11) is 0. The van der Waals surface area contributed by atoms with Gasteiger partial charge in [-0.1, -0.05) is 0 Å². The average Bonchev–Trinajstić information content (AvgIpc) is 0.592. The summed E-state index contributed by atoms with van der Waals surface area (Å²) >= 11 is -11.3. The molecule has 0 N–H and O–H groups in total. The van der Waals surface area contributed by atoms with Gasteiger partial charge in [0, 0.05) is 0 Å².